The summed E-state index contributed by atoms with van der Waals surface area (Å²) < 4.78 is 0. The van der Waals surface area contributed by atoms with Crippen LogP contribution in [0.1, 0.15) is 13.3 Å². The topological polar surface area (TPSA) is 61.4 Å². The Morgan fingerprint density at radius 3 is 2.83 bits per heavy atom. The number of aliphatic hydroxyl groups excluding tert-OH is 1. The Balaban J connectivity index is 2.02. The van der Waals surface area contributed by atoms with Crippen molar-refractivity contribution in [1.29, 1.82) is 0 Å². The van der Waals surface area contributed by atoms with Gasteiger partial charge in [0.2, 0.25) is 5.91 Å². The third-order valence-corrected chi connectivity index (χ3v) is 2.01. The minimum atomic E-state index is -0.329. The highest BCUT2D eigenvalue weighted by Gasteiger charge is 2.23. The van der Waals surface area contributed by atoms with E-state index in [9.17, 15) is 4.79 Å². The number of rotatable bonds is 4. The zero-order chi connectivity index (χ0) is 8.97. The first-order valence-corrected chi connectivity index (χ1v) is 4.36. The Morgan fingerprint density at radius 1 is 1.75 bits per heavy atom. The van der Waals surface area contributed by atoms with Crippen molar-refractivity contribution >= 4 is 5.91 Å². The van der Waals surface area contributed by atoms with Crippen LogP contribution in [-0.2, 0) is 4.79 Å². The molecular weight excluding hydrogens is 156 g/mol. The highest BCUT2D eigenvalue weighted by Crippen LogP contribution is 2.01. The van der Waals surface area contributed by atoms with E-state index in [-0.39, 0.29) is 17.9 Å². The number of amides is 1. The molecule has 0 radical (unpaired) electrons. The van der Waals surface area contributed by atoms with Gasteiger partial charge in [0.05, 0.1) is 12.0 Å². The first-order valence-electron chi connectivity index (χ1n) is 4.36. The van der Waals surface area contributed by atoms with Gasteiger partial charge in [-0.2, -0.15) is 0 Å². The van der Waals surface area contributed by atoms with Crippen LogP contribution in [0.15, 0.2) is 0 Å². The van der Waals surface area contributed by atoms with E-state index >= 15 is 0 Å². The lowest BCUT2D eigenvalue weighted by Crippen LogP contribution is -2.51. The number of aliphatic hydroxyl groups is 1. The summed E-state index contributed by atoms with van der Waals surface area (Å²) in [5, 5.41) is 14.7. The molecule has 0 aliphatic carbocycles. The minimum Gasteiger partial charge on any atom is -0.393 e. The molecule has 0 aromatic carbocycles. The van der Waals surface area contributed by atoms with Crippen LogP contribution in [-0.4, -0.2) is 36.8 Å². The number of carbonyl (C=O) groups is 1. The predicted octanol–water partition coefficient (Wildman–Crippen LogP) is -0.907. The standard InChI is InChI=1S/C8H16N2O2/c1-6(11)2-3-10-8(12)7-4-9-5-7/h6-7,9,11H,2-5H2,1H3,(H,10,12). The molecule has 0 saturated carbocycles. The first-order chi connectivity index (χ1) is 5.70. The molecule has 1 aliphatic heterocycles. The highest BCUT2D eigenvalue weighted by atomic mass is 16.3. The Morgan fingerprint density at radius 2 is 2.42 bits per heavy atom. The van der Waals surface area contributed by atoms with Crippen molar-refractivity contribution in [3.63, 3.8) is 0 Å². The second-order valence-electron chi connectivity index (χ2n) is 3.28. The van der Waals surface area contributed by atoms with Crippen LogP contribution in [0.5, 0.6) is 0 Å². The van der Waals surface area contributed by atoms with E-state index in [1.807, 2.05) is 0 Å². The van der Waals surface area contributed by atoms with E-state index in [1.54, 1.807) is 6.92 Å². The molecule has 0 aromatic heterocycles. The second kappa shape index (κ2) is 4.42. The molecule has 0 spiro atoms. The minimum absolute atomic E-state index is 0.106. The molecule has 1 heterocycles. The SMILES string of the molecule is CC(O)CCNC(=O)C1CNC1. The summed E-state index contributed by atoms with van der Waals surface area (Å²) >= 11 is 0. The van der Waals surface area contributed by atoms with Gasteiger partial charge in [0.25, 0.3) is 0 Å². The number of hydrogen-bond acceptors (Lipinski definition) is 3. The summed E-state index contributed by atoms with van der Waals surface area (Å²) in [6, 6.07) is 0. The van der Waals surface area contributed by atoms with Gasteiger partial charge in [-0.25, -0.2) is 0 Å². The van der Waals surface area contributed by atoms with Crippen LogP contribution in [0, 0.1) is 5.92 Å². The summed E-state index contributed by atoms with van der Waals surface area (Å²) in [7, 11) is 0. The number of nitrogens with one attached hydrogen (secondary N) is 2. The molecule has 1 unspecified atom stereocenters. The van der Waals surface area contributed by atoms with Gasteiger partial charge in [0, 0.05) is 19.6 Å². The molecule has 3 N–H and O–H groups in total. The molecule has 0 aromatic rings. The van der Waals surface area contributed by atoms with Crippen LogP contribution in [0.3, 0.4) is 0 Å². The summed E-state index contributed by atoms with van der Waals surface area (Å²) in [4.78, 5) is 11.2. The van der Waals surface area contributed by atoms with Crippen molar-refractivity contribution in [2.24, 2.45) is 5.92 Å². The van der Waals surface area contributed by atoms with Crippen LogP contribution >= 0.6 is 0 Å². The summed E-state index contributed by atoms with van der Waals surface area (Å²) in [5.74, 6) is 0.258. The second-order valence-corrected chi connectivity index (χ2v) is 3.28. The van der Waals surface area contributed by atoms with Crippen molar-refractivity contribution in [1.82, 2.24) is 10.6 Å². The average molecular weight is 172 g/mol. The lowest BCUT2D eigenvalue weighted by atomic mass is 10.0. The smallest absolute Gasteiger partial charge is 0.225 e. The van der Waals surface area contributed by atoms with E-state index in [2.05, 4.69) is 10.6 Å². The fourth-order valence-corrected chi connectivity index (χ4v) is 1.02. The largest absolute Gasteiger partial charge is 0.393 e. The van der Waals surface area contributed by atoms with Crippen molar-refractivity contribution in [2.75, 3.05) is 19.6 Å². The van der Waals surface area contributed by atoms with E-state index < -0.39 is 0 Å². The lowest BCUT2D eigenvalue weighted by Gasteiger charge is -2.25. The fourth-order valence-electron chi connectivity index (χ4n) is 1.02. The van der Waals surface area contributed by atoms with Crippen LogP contribution in [0.4, 0.5) is 0 Å². The van der Waals surface area contributed by atoms with Gasteiger partial charge in [-0.3, -0.25) is 4.79 Å². The van der Waals surface area contributed by atoms with Gasteiger partial charge >= 0.3 is 0 Å². The van der Waals surface area contributed by atoms with Crippen molar-refractivity contribution in [3.05, 3.63) is 0 Å². The van der Waals surface area contributed by atoms with Crippen LogP contribution in [0.2, 0.25) is 0 Å². The monoisotopic (exact) mass is 172 g/mol. The Kier molecular flexibility index (Phi) is 3.49. The van der Waals surface area contributed by atoms with Gasteiger partial charge in [0.15, 0.2) is 0 Å². The normalized spacial score (nSPS) is 19.8. The molecular formula is C8H16N2O2. The Hall–Kier alpha value is -0.610. The molecule has 0 bridgehead atoms. The molecule has 70 valence electrons. The lowest BCUT2D eigenvalue weighted by molar-refractivity contribution is -0.126. The Labute approximate surface area is 72.3 Å². The van der Waals surface area contributed by atoms with Crippen molar-refractivity contribution in [2.45, 2.75) is 19.4 Å². The van der Waals surface area contributed by atoms with Crippen molar-refractivity contribution in [3.8, 4) is 0 Å². The Bertz CT molecular complexity index is 155. The summed E-state index contributed by atoms with van der Waals surface area (Å²) in [6.07, 6.45) is 0.302. The molecule has 4 nitrogen and oxygen atoms in total. The highest BCUT2D eigenvalue weighted by molar-refractivity contribution is 5.79. The van der Waals surface area contributed by atoms with E-state index in [0.717, 1.165) is 13.1 Å². The summed E-state index contributed by atoms with van der Waals surface area (Å²) in [6.45, 7) is 3.88. The maximum atomic E-state index is 11.2. The van der Waals surface area contributed by atoms with Gasteiger partial charge in [0.1, 0.15) is 0 Å². The predicted molar refractivity (Wildman–Crippen MR) is 45.7 cm³/mol. The van der Waals surface area contributed by atoms with Gasteiger partial charge in [-0.05, 0) is 13.3 Å². The van der Waals surface area contributed by atoms with Gasteiger partial charge in [-0.1, -0.05) is 0 Å². The van der Waals surface area contributed by atoms with Crippen LogP contribution < -0.4 is 10.6 Å². The van der Waals surface area contributed by atoms with E-state index in [0.29, 0.717) is 13.0 Å². The maximum Gasteiger partial charge on any atom is 0.225 e. The number of carbonyl (C=O) groups excluding carboxylic acids is 1. The van der Waals surface area contributed by atoms with E-state index in [4.69, 9.17) is 5.11 Å². The molecule has 1 amide bonds. The third kappa shape index (κ3) is 2.79. The molecule has 12 heavy (non-hydrogen) atoms. The van der Waals surface area contributed by atoms with Gasteiger partial charge in [-0.15, -0.1) is 0 Å². The fraction of sp³-hybridized carbons (Fsp3) is 0.875. The molecule has 4 heteroatoms. The maximum absolute atomic E-state index is 11.2. The molecule has 1 rings (SSSR count). The number of hydrogen-bond donors (Lipinski definition) is 3. The third-order valence-electron chi connectivity index (χ3n) is 2.01. The first kappa shape index (κ1) is 9.48. The van der Waals surface area contributed by atoms with Crippen molar-refractivity contribution < 1.29 is 9.90 Å². The van der Waals surface area contributed by atoms with Crippen LogP contribution in [0.25, 0.3) is 0 Å². The van der Waals surface area contributed by atoms with Gasteiger partial charge < -0.3 is 15.7 Å². The molecule has 1 atom stereocenters. The zero-order valence-corrected chi connectivity index (χ0v) is 7.34. The molecule has 1 fully saturated rings. The zero-order valence-electron chi connectivity index (χ0n) is 7.34. The molecule has 1 saturated heterocycles. The quantitative estimate of drug-likeness (QED) is 0.514. The van der Waals surface area contributed by atoms with E-state index in [1.165, 1.54) is 0 Å². The molecule has 1 aliphatic rings. The summed E-state index contributed by atoms with van der Waals surface area (Å²) in [5.41, 5.74) is 0. The average Bonchev–Trinajstić information content (AvgIpc) is 1.81.